The van der Waals surface area contributed by atoms with Crippen molar-refractivity contribution >= 4 is 51.9 Å². The molecule has 3 N–H and O–H groups in total. The zero-order valence-electron chi connectivity index (χ0n) is 12.5. The zero-order chi connectivity index (χ0) is 18.1. The van der Waals surface area contributed by atoms with E-state index in [9.17, 15) is 19.8 Å². The smallest absolute Gasteiger partial charge is 0.335 e. The first-order chi connectivity index (χ1) is 11.9. The topological polar surface area (TPSA) is 98.1 Å². The highest BCUT2D eigenvalue weighted by Crippen LogP contribution is 2.37. The number of benzene rings is 2. The molecule has 0 aliphatic carbocycles. The van der Waals surface area contributed by atoms with Crippen molar-refractivity contribution in [1.29, 1.82) is 0 Å². The molecule has 1 amide bonds. The number of hydrogen-bond acceptors (Lipinski definition) is 6. The van der Waals surface area contributed by atoms with Crippen LogP contribution in [-0.4, -0.2) is 31.5 Å². The standard InChI is InChI=1S/C17H11NO5S2/c19-12-5-4-9(6-13(12)20)7-14-15(21)18(17(24)25-14)11-3-1-2-10(8-11)16(22)23/h1-8,19-20H,(H,22,23)/b14-7+. The summed E-state index contributed by atoms with van der Waals surface area (Å²) in [5.74, 6) is -2.03. The van der Waals surface area contributed by atoms with E-state index in [-0.39, 0.29) is 27.3 Å². The van der Waals surface area contributed by atoms with E-state index in [4.69, 9.17) is 17.3 Å². The monoisotopic (exact) mass is 373 g/mol. The molecule has 6 nitrogen and oxygen atoms in total. The van der Waals surface area contributed by atoms with Crippen molar-refractivity contribution in [2.75, 3.05) is 4.90 Å². The van der Waals surface area contributed by atoms with Gasteiger partial charge in [-0.25, -0.2) is 4.79 Å². The Balaban J connectivity index is 1.94. The number of amides is 1. The number of nitrogens with zero attached hydrogens (tertiary/aromatic N) is 1. The molecule has 0 spiro atoms. The fourth-order valence-corrected chi connectivity index (χ4v) is 3.55. The lowest BCUT2D eigenvalue weighted by Crippen LogP contribution is -2.27. The third-order valence-electron chi connectivity index (χ3n) is 3.44. The molecule has 8 heteroatoms. The van der Waals surface area contributed by atoms with Crippen LogP contribution in [0.25, 0.3) is 6.08 Å². The molecule has 25 heavy (non-hydrogen) atoms. The number of carbonyl (C=O) groups excluding carboxylic acids is 1. The molecule has 1 fully saturated rings. The van der Waals surface area contributed by atoms with Gasteiger partial charge < -0.3 is 15.3 Å². The second-order valence-corrected chi connectivity index (χ2v) is 6.80. The molecule has 3 rings (SSSR count). The Morgan fingerprint density at radius 1 is 1.12 bits per heavy atom. The first-order valence-electron chi connectivity index (χ1n) is 7.00. The predicted molar refractivity (Wildman–Crippen MR) is 98.8 cm³/mol. The number of rotatable bonds is 3. The molecule has 1 heterocycles. The van der Waals surface area contributed by atoms with E-state index < -0.39 is 5.97 Å². The molecule has 0 radical (unpaired) electrons. The number of thioether (sulfide) groups is 1. The lowest BCUT2D eigenvalue weighted by molar-refractivity contribution is -0.113. The van der Waals surface area contributed by atoms with E-state index in [1.165, 1.54) is 29.2 Å². The molecule has 0 saturated carbocycles. The molecule has 1 aliphatic rings. The lowest BCUT2D eigenvalue weighted by Gasteiger charge is -2.14. The third kappa shape index (κ3) is 3.35. The molecular formula is C17H11NO5S2. The summed E-state index contributed by atoms with van der Waals surface area (Å²) in [4.78, 5) is 25.3. The van der Waals surface area contributed by atoms with Crippen LogP contribution in [0.3, 0.4) is 0 Å². The highest BCUT2D eigenvalue weighted by molar-refractivity contribution is 8.27. The number of carbonyl (C=O) groups is 2. The SMILES string of the molecule is O=C(O)c1cccc(N2C(=O)/C(=C\c3ccc(O)c(O)c3)SC2=S)c1. The molecule has 1 saturated heterocycles. The summed E-state index contributed by atoms with van der Waals surface area (Å²) < 4.78 is 0.279. The Labute approximate surface area is 152 Å². The fraction of sp³-hybridized carbons (Fsp3) is 0. The van der Waals surface area contributed by atoms with Gasteiger partial charge >= 0.3 is 5.97 Å². The van der Waals surface area contributed by atoms with Gasteiger partial charge in [0.25, 0.3) is 5.91 Å². The molecule has 0 atom stereocenters. The third-order valence-corrected chi connectivity index (χ3v) is 4.74. The Hall–Kier alpha value is -2.84. The molecular weight excluding hydrogens is 362 g/mol. The van der Waals surface area contributed by atoms with E-state index in [2.05, 4.69) is 0 Å². The van der Waals surface area contributed by atoms with Crippen LogP contribution >= 0.6 is 24.0 Å². The number of phenols is 2. The second-order valence-electron chi connectivity index (χ2n) is 5.12. The summed E-state index contributed by atoms with van der Waals surface area (Å²) in [6.07, 6.45) is 1.54. The van der Waals surface area contributed by atoms with Crippen molar-refractivity contribution in [2.24, 2.45) is 0 Å². The quantitative estimate of drug-likeness (QED) is 0.432. The minimum Gasteiger partial charge on any atom is -0.504 e. The van der Waals surface area contributed by atoms with Crippen LogP contribution in [0.4, 0.5) is 5.69 Å². The van der Waals surface area contributed by atoms with Gasteiger partial charge in [-0.05, 0) is 42.0 Å². The average Bonchev–Trinajstić information content (AvgIpc) is 2.85. The summed E-state index contributed by atoms with van der Waals surface area (Å²) in [6, 6.07) is 10.1. The number of carboxylic acid groups (broad SMARTS) is 1. The van der Waals surface area contributed by atoms with E-state index in [0.29, 0.717) is 16.2 Å². The Kier molecular flexibility index (Phi) is 4.47. The number of phenolic OH excluding ortho intramolecular Hbond substituents is 2. The molecule has 126 valence electrons. The largest absolute Gasteiger partial charge is 0.504 e. The summed E-state index contributed by atoms with van der Waals surface area (Å²) in [5, 5.41) is 28.0. The van der Waals surface area contributed by atoms with Gasteiger partial charge in [-0.2, -0.15) is 0 Å². The summed E-state index contributed by atoms with van der Waals surface area (Å²) in [5.41, 5.74) is 0.952. The van der Waals surface area contributed by atoms with E-state index in [1.807, 2.05) is 0 Å². The van der Waals surface area contributed by atoms with Crippen molar-refractivity contribution < 1.29 is 24.9 Å². The van der Waals surface area contributed by atoms with Crippen molar-refractivity contribution in [1.82, 2.24) is 0 Å². The fourth-order valence-electron chi connectivity index (χ4n) is 2.25. The van der Waals surface area contributed by atoms with Crippen LogP contribution in [0.2, 0.25) is 0 Å². The molecule has 1 aliphatic heterocycles. The van der Waals surface area contributed by atoms with E-state index in [1.54, 1.807) is 24.3 Å². The van der Waals surface area contributed by atoms with Crippen molar-refractivity contribution in [2.45, 2.75) is 0 Å². The Morgan fingerprint density at radius 2 is 1.88 bits per heavy atom. The van der Waals surface area contributed by atoms with Crippen LogP contribution < -0.4 is 4.90 Å². The first-order valence-corrected chi connectivity index (χ1v) is 8.22. The van der Waals surface area contributed by atoms with Gasteiger partial charge in [-0.1, -0.05) is 36.1 Å². The highest BCUT2D eigenvalue weighted by Gasteiger charge is 2.33. The summed E-state index contributed by atoms with van der Waals surface area (Å²) in [6.45, 7) is 0. The van der Waals surface area contributed by atoms with E-state index in [0.717, 1.165) is 11.8 Å². The van der Waals surface area contributed by atoms with Gasteiger partial charge in [0.1, 0.15) is 0 Å². The summed E-state index contributed by atoms with van der Waals surface area (Å²) >= 11 is 6.31. The lowest BCUT2D eigenvalue weighted by atomic mass is 10.1. The number of aromatic hydroxyl groups is 2. The maximum Gasteiger partial charge on any atom is 0.335 e. The van der Waals surface area contributed by atoms with Crippen LogP contribution in [0, 0.1) is 0 Å². The van der Waals surface area contributed by atoms with Gasteiger partial charge in [0.15, 0.2) is 15.8 Å². The number of aromatic carboxylic acids is 1. The molecule has 0 unspecified atom stereocenters. The van der Waals surface area contributed by atoms with E-state index >= 15 is 0 Å². The summed E-state index contributed by atoms with van der Waals surface area (Å²) in [7, 11) is 0. The highest BCUT2D eigenvalue weighted by atomic mass is 32.2. The van der Waals surface area contributed by atoms with Gasteiger partial charge in [-0.15, -0.1) is 0 Å². The van der Waals surface area contributed by atoms with Crippen molar-refractivity contribution in [3.63, 3.8) is 0 Å². The number of anilines is 1. The van der Waals surface area contributed by atoms with Crippen LogP contribution in [-0.2, 0) is 4.79 Å². The Bertz CT molecular complexity index is 938. The van der Waals surface area contributed by atoms with Gasteiger partial charge in [0.05, 0.1) is 16.2 Å². The second kappa shape index (κ2) is 6.58. The maximum absolute atomic E-state index is 12.6. The van der Waals surface area contributed by atoms with Crippen molar-refractivity contribution in [3.05, 3.63) is 58.5 Å². The van der Waals surface area contributed by atoms with Gasteiger partial charge in [0, 0.05) is 0 Å². The van der Waals surface area contributed by atoms with Crippen LogP contribution in [0.1, 0.15) is 15.9 Å². The van der Waals surface area contributed by atoms with Gasteiger partial charge in [0.2, 0.25) is 0 Å². The normalized spacial score (nSPS) is 15.8. The van der Waals surface area contributed by atoms with Crippen molar-refractivity contribution in [3.8, 4) is 11.5 Å². The number of carboxylic acids is 1. The molecule has 0 aromatic heterocycles. The Morgan fingerprint density at radius 3 is 2.56 bits per heavy atom. The average molecular weight is 373 g/mol. The molecule has 2 aromatic rings. The molecule has 0 bridgehead atoms. The number of hydrogen-bond donors (Lipinski definition) is 3. The zero-order valence-corrected chi connectivity index (χ0v) is 14.2. The maximum atomic E-state index is 12.6. The van der Waals surface area contributed by atoms with Crippen LogP contribution in [0.15, 0.2) is 47.4 Å². The molecule has 2 aromatic carbocycles. The minimum atomic E-state index is -1.09. The number of thiocarbonyl (C=S) groups is 1. The first kappa shape index (κ1) is 17.0. The minimum absolute atomic E-state index is 0.0546. The van der Waals surface area contributed by atoms with Gasteiger partial charge in [-0.3, -0.25) is 9.69 Å². The predicted octanol–water partition coefficient (Wildman–Crippen LogP) is 3.20. The van der Waals surface area contributed by atoms with Crippen LogP contribution in [0.5, 0.6) is 11.5 Å².